The van der Waals surface area contributed by atoms with Gasteiger partial charge in [-0.15, -0.1) is 0 Å². The minimum Gasteiger partial charge on any atom is -0.283 e. The molecule has 0 saturated carbocycles. The van der Waals surface area contributed by atoms with Gasteiger partial charge in [0.2, 0.25) is 10.0 Å². The Bertz CT molecular complexity index is 684. The molecular formula is C15H16BrNO2S. The summed E-state index contributed by atoms with van der Waals surface area (Å²) in [6.45, 7) is 1.87. The smallest absolute Gasteiger partial charge is 0.233 e. The van der Waals surface area contributed by atoms with E-state index in [2.05, 4.69) is 20.7 Å². The maximum Gasteiger partial charge on any atom is 0.233 e. The van der Waals surface area contributed by atoms with Crippen molar-refractivity contribution in [3.8, 4) is 0 Å². The molecule has 2 aromatic carbocycles. The fraction of sp³-hybridized carbons (Fsp3) is 0.200. The number of sulfonamides is 1. The maximum absolute atomic E-state index is 12.1. The number of benzene rings is 2. The Morgan fingerprint density at radius 2 is 1.80 bits per heavy atom. The second-order valence-electron chi connectivity index (χ2n) is 4.62. The van der Waals surface area contributed by atoms with Crippen LogP contribution in [-0.2, 0) is 16.4 Å². The molecule has 1 N–H and O–H groups in total. The summed E-state index contributed by atoms with van der Waals surface area (Å²) >= 11 is 3.36. The number of rotatable bonds is 5. The highest BCUT2D eigenvalue weighted by Gasteiger charge is 2.12. The second-order valence-corrected chi connectivity index (χ2v) is 7.37. The number of nitrogens with one attached hydrogen (secondary N) is 1. The lowest BCUT2D eigenvalue weighted by Crippen LogP contribution is -2.18. The van der Waals surface area contributed by atoms with Crippen LogP contribution in [0.4, 0.5) is 5.69 Å². The summed E-state index contributed by atoms with van der Waals surface area (Å²) in [6.07, 6.45) is 0.506. The van der Waals surface area contributed by atoms with E-state index in [4.69, 9.17) is 0 Å². The van der Waals surface area contributed by atoms with Crippen LogP contribution in [0.15, 0.2) is 53.0 Å². The van der Waals surface area contributed by atoms with Crippen LogP contribution in [0, 0.1) is 6.92 Å². The van der Waals surface area contributed by atoms with Crippen LogP contribution in [0.5, 0.6) is 0 Å². The molecule has 0 heterocycles. The van der Waals surface area contributed by atoms with Crippen LogP contribution < -0.4 is 4.72 Å². The van der Waals surface area contributed by atoms with E-state index in [0.717, 1.165) is 15.6 Å². The topological polar surface area (TPSA) is 46.2 Å². The first-order valence-corrected chi connectivity index (χ1v) is 8.71. The van der Waals surface area contributed by atoms with Crippen LogP contribution >= 0.6 is 15.9 Å². The Labute approximate surface area is 128 Å². The zero-order valence-corrected chi connectivity index (χ0v) is 13.5. The van der Waals surface area contributed by atoms with Crippen molar-refractivity contribution in [2.75, 3.05) is 10.5 Å². The Kier molecular flexibility index (Phi) is 4.83. The van der Waals surface area contributed by atoms with E-state index >= 15 is 0 Å². The van der Waals surface area contributed by atoms with Crippen molar-refractivity contribution in [1.29, 1.82) is 0 Å². The predicted molar refractivity (Wildman–Crippen MR) is 86.4 cm³/mol. The van der Waals surface area contributed by atoms with E-state index in [1.54, 1.807) is 6.07 Å². The molecule has 0 aliphatic carbocycles. The number of hydrogen-bond acceptors (Lipinski definition) is 2. The molecule has 0 unspecified atom stereocenters. The zero-order valence-electron chi connectivity index (χ0n) is 11.1. The Hall–Kier alpha value is -1.33. The molecule has 0 aliphatic heterocycles. The third-order valence-electron chi connectivity index (χ3n) is 2.96. The fourth-order valence-electron chi connectivity index (χ4n) is 1.86. The van der Waals surface area contributed by atoms with E-state index < -0.39 is 10.0 Å². The van der Waals surface area contributed by atoms with Crippen LogP contribution in [-0.4, -0.2) is 14.2 Å². The number of hydrogen-bond donors (Lipinski definition) is 1. The largest absolute Gasteiger partial charge is 0.283 e. The highest BCUT2D eigenvalue weighted by Crippen LogP contribution is 2.21. The van der Waals surface area contributed by atoms with E-state index in [9.17, 15) is 8.42 Å². The molecule has 20 heavy (non-hydrogen) atoms. The van der Waals surface area contributed by atoms with Gasteiger partial charge in [0, 0.05) is 4.47 Å². The summed E-state index contributed by atoms with van der Waals surface area (Å²) in [7, 11) is -3.33. The molecule has 2 rings (SSSR count). The zero-order chi connectivity index (χ0) is 14.6. The number of halogens is 1. The van der Waals surface area contributed by atoms with Crippen molar-refractivity contribution in [1.82, 2.24) is 0 Å². The maximum atomic E-state index is 12.1. The van der Waals surface area contributed by atoms with Crippen molar-refractivity contribution in [2.45, 2.75) is 13.3 Å². The van der Waals surface area contributed by atoms with Crippen molar-refractivity contribution < 1.29 is 8.42 Å². The molecule has 5 heteroatoms. The van der Waals surface area contributed by atoms with Gasteiger partial charge in [-0.3, -0.25) is 4.72 Å². The Morgan fingerprint density at radius 3 is 2.45 bits per heavy atom. The SMILES string of the molecule is Cc1cc(Br)ccc1NS(=O)(=O)CCc1ccccc1. The molecule has 0 amide bonds. The van der Waals surface area contributed by atoms with Gasteiger partial charge in [-0.1, -0.05) is 46.3 Å². The lowest BCUT2D eigenvalue weighted by molar-refractivity contribution is 0.600. The van der Waals surface area contributed by atoms with Crippen molar-refractivity contribution in [3.05, 3.63) is 64.1 Å². The molecule has 106 valence electrons. The van der Waals surface area contributed by atoms with Crippen molar-refractivity contribution in [3.63, 3.8) is 0 Å². The van der Waals surface area contributed by atoms with E-state index in [-0.39, 0.29) is 5.75 Å². The minimum absolute atomic E-state index is 0.0759. The molecule has 0 atom stereocenters. The lowest BCUT2D eigenvalue weighted by atomic mass is 10.2. The first-order chi connectivity index (χ1) is 9.46. The lowest BCUT2D eigenvalue weighted by Gasteiger charge is -2.10. The molecule has 0 aliphatic rings. The normalized spacial score (nSPS) is 11.3. The summed E-state index contributed by atoms with van der Waals surface area (Å²) < 4.78 is 27.7. The van der Waals surface area contributed by atoms with Gasteiger partial charge < -0.3 is 0 Å². The van der Waals surface area contributed by atoms with Gasteiger partial charge in [-0.05, 0) is 42.7 Å². The average molecular weight is 354 g/mol. The molecule has 0 saturated heterocycles. The molecule has 0 fully saturated rings. The Morgan fingerprint density at radius 1 is 1.10 bits per heavy atom. The molecule has 0 spiro atoms. The Balaban J connectivity index is 2.04. The number of anilines is 1. The summed E-state index contributed by atoms with van der Waals surface area (Å²) in [5.41, 5.74) is 2.54. The highest BCUT2D eigenvalue weighted by atomic mass is 79.9. The van der Waals surface area contributed by atoms with Gasteiger partial charge >= 0.3 is 0 Å². The first-order valence-electron chi connectivity index (χ1n) is 6.27. The highest BCUT2D eigenvalue weighted by molar-refractivity contribution is 9.10. The van der Waals surface area contributed by atoms with Gasteiger partial charge in [0.15, 0.2) is 0 Å². The molecule has 0 bridgehead atoms. The van der Waals surface area contributed by atoms with E-state index in [1.807, 2.05) is 49.4 Å². The monoisotopic (exact) mass is 353 g/mol. The van der Waals surface area contributed by atoms with Crippen LogP contribution in [0.3, 0.4) is 0 Å². The van der Waals surface area contributed by atoms with Crippen LogP contribution in [0.25, 0.3) is 0 Å². The van der Waals surface area contributed by atoms with E-state index in [1.165, 1.54) is 0 Å². The minimum atomic E-state index is -3.33. The van der Waals surface area contributed by atoms with Gasteiger partial charge in [-0.2, -0.15) is 0 Å². The predicted octanol–water partition coefficient (Wildman–Crippen LogP) is 3.74. The van der Waals surface area contributed by atoms with E-state index in [0.29, 0.717) is 12.1 Å². The van der Waals surface area contributed by atoms with Gasteiger partial charge in [-0.25, -0.2) is 8.42 Å². The fourth-order valence-corrected chi connectivity index (χ4v) is 3.50. The second kappa shape index (κ2) is 6.41. The van der Waals surface area contributed by atoms with Gasteiger partial charge in [0.1, 0.15) is 0 Å². The summed E-state index contributed by atoms with van der Waals surface area (Å²) in [6, 6.07) is 15.1. The molecule has 3 nitrogen and oxygen atoms in total. The summed E-state index contributed by atoms with van der Waals surface area (Å²) in [4.78, 5) is 0. The van der Waals surface area contributed by atoms with Gasteiger partial charge in [0.05, 0.1) is 11.4 Å². The van der Waals surface area contributed by atoms with Crippen LogP contribution in [0.2, 0.25) is 0 Å². The van der Waals surface area contributed by atoms with Crippen LogP contribution in [0.1, 0.15) is 11.1 Å². The summed E-state index contributed by atoms with van der Waals surface area (Å²) in [5.74, 6) is 0.0759. The quantitative estimate of drug-likeness (QED) is 0.889. The third kappa shape index (κ3) is 4.35. The van der Waals surface area contributed by atoms with Crippen molar-refractivity contribution >= 4 is 31.6 Å². The standard InChI is InChI=1S/C15H16BrNO2S/c1-12-11-14(16)7-8-15(12)17-20(18,19)10-9-13-5-3-2-4-6-13/h2-8,11,17H,9-10H2,1H3. The first kappa shape index (κ1) is 15.1. The molecule has 2 aromatic rings. The molecule has 0 aromatic heterocycles. The number of aryl methyl sites for hydroxylation is 2. The third-order valence-corrected chi connectivity index (χ3v) is 4.72. The van der Waals surface area contributed by atoms with Crippen molar-refractivity contribution in [2.24, 2.45) is 0 Å². The average Bonchev–Trinajstić information content (AvgIpc) is 2.41. The molecule has 0 radical (unpaired) electrons. The van der Waals surface area contributed by atoms with Gasteiger partial charge in [0.25, 0.3) is 0 Å². The summed E-state index contributed by atoms with van der Waals surface area (Å²) in [5, 5.41) is 0. The molecular weight excluding hydrogens is 338 g/mol.